The number of esters is 1. The molecule has 29 nitrogen and oxygen atoms in total. The molecule has 4 aliphatic heterocycles. The first-order valence-electron chi connectivity index (χ1n) is 35.0. The molecule has 5 aromatic rings. The number of aromatic nitrogens is 1. The summed E-state index contributed by atoms with van der Waals surface area (Å²) < 4.78 is 30.8. The zero-order chi connectivity index (χ0) is 75.8. The number of amides is 8. The molecule has 0 aliphatic carbocycles. The summed E-state index contributed by atoms with van der Waals surface area (Å²) in [5.41, 5.74) is 4.44. The van der Waals surface area contributed by atoms with Gasteiger partial charge in [-0.2, -0.15) is 0 Å². The van der Waals surface area contributed by atoms with E-state index >= 15 is 4.79 Å². The van der Waals surface area contributed by atoms with Crippen molar-refractivity contribution >= 4 is 103 Å². The fraction of sp³-hybridized carbons (Fsp3) is 0.480. The quantitative estimate of drug-likeness (QED) is 0.0145. The zero-order valence-corrected chi connectivity index (χ0v) is 60.3. The highest BCUT2D eigenvalue weighted by Crippen LogP contribution is 2.43. The Balaban J connectivity index is 0.942. The molecule has 104 heavy (non-hydrogen) atoms. The van der Waals surface area contributed by atoms with Gasteiger partial charge < -0.3 is 81.0 Å². The maximum absolute atomic E-state index is 15.2. The number of nitrogens with zero attached hydrogens (tertiary/aromatic N) is 4. The number of piperazine rings is 1. The molecule has 4 aliphatic rings. The number of methoxy groups -OCH3 is 1. The number of phenols is 1. The van der Waals surface area contributed by atoms with Crippen LogP contribution in [0.4, 0.5) is 21.9 Å². The van der Waals surface area contributed by atoms with Gasteiger partial charge in [0, 0.05) is 149 Å². The molecule has 5 heterocycles. The Kier molecular flexibility index (Phi) is 25.1. The molecule has 0 radical (unpaired) electrons. The summed E-state index contributed by atoms with van der Waals surface area (Å²) in [6.07, 6.45) is 7.64. The van der Waals surface area contributed by atoms with Crippen LogP contribution in [0.3, 0.4) is 0 Å². The average molecular weight is 1440 g/mol. The molecule has 558 valence electrons. The van der Waals surface area contributed by atoms with Crippen molar-refractivity contribution in [3.05, 3.63) is 121 Å². The van der Waals surface area contributed by atoms with Crippen LogP contribution in [0.25, 0.3) is 38.7 Å². The number of aromatic hydroxyl groups is 1. The number of nitrogens with two attached hydrogens (primary N) is 1. The van der Waals surface area contributed by atoms with E-state index in [4.69, 9.17) is 34.1 Å². The lowest BCUT2D eigenvalue weighted by Gasteiger charge is -2.38. The first-order valence-corrected chi connectivity index (χ1v) is 35.0. The third-order valence-corrected chi connectivity index (χ3v) is 19.8. The first kappa shape index (κ1) is 77.9. The Bertz CT molecular complexity index is 4430. The van der Waals surface area contributed by atoms with Crippen LogP contribution in [0, 0.1) is 36.5 Å². The minimum atomic E-state index is -2.06. The summed E-state index contributed by atoms with van der Waals surface area (Å²) in [6.45, 7) is 18.8. The van der Waals surface area contributed by atoms with Crippen molar-refractivity contribution in [2.75, 3.05) is 61.9 Å². The van der Waals surface area contributed by atoms with Crippen LogP contribution in [0.1, 0.15) is 112 Å². The van der Waals surface area contributed by atoms with Gasteiger partial charge in [0.1, 0.15) is 40.9 Å². The maximum atomic E-state index is 15.2. The van der Waals surface area contributed by atoms with Crippen molar-refractivity contribution in [3.8, 4) is 11.5 Å². The average Bonchev–Trinajstić information content (AvgIpc) is 1.39. The zero-order valence-electron chi connectivity index (χ0n) is 60.3. The number of urea groups is 1. The molecule has 0 saturated carbocycles. The number of aliphatic hydroxyl groups excluding tert-OH is 3. The smallest absolute Gasteiger partial charge is 0.312 e. The highest BCUT2D eigenvalue weighted by molar-refractivity contribution is 6.17. The number of carbonyl (C=O) groups is 8. The molecule has 11 N–H and O–H groups in total. The van der Waals surface area contributed by atoms with Crippen LogP contribution in [-0.2, 0) is 54.3 Å². The lowest BCUT2D eigenvalue weighted by atomic mass is 9.78. The largest absolute Gasteiger partial charge is 0.507 e. The van der Waals surface area contributed by atoms with Gasteiger partial charge in [-0.1, -0.05) is 78.3 Å². The second kappa shape index (κ2) is 33.5. The molecule has 11 atom stereocenters. The fourth-order valence-corrected chi connectivity index (χ4v) is 13.6. The van der Waals surface area contributed by atoms with Crippen LogP contribution < -0.4 is 58.0 Å². The second-order valence-corrected chi connectivity index (χ2v) is 27.7. The van der Waals surface area contributed by atoms with Crippen LogP contribution in [0.2, 0.25) is 0 Å². The minimum absolute atomic E-state index is 0.00473. The number of hydrogen-bond donors (Lipinski definition) is 10. The van der Waals surface area contributed by atoms with E-state index in [1.807, 2.05) is 17.0 Å². The summed E-state index contributed by atoms with van der Waals surface area (Å²) in [5.74, 6) is -10.1. The van der Waals surface area contributed by atoms with Gasteiger partial charge in [-0.05, 0) is 69.2 Å². The first-order chi connectivity index (χ1) is 49.3. The SMILES string of the molecule is CO[C@H]1/C=C/O[C@@]2(C)Oc3c(C)c(O)c4c(=O)c(c5oc6cc(N7CCN(Cc8ccc(NC(=O)[C@H](CCCNC(N)=O)NC(=O)C(NC(=O)CCCCCN9C(=O)C=CC9=O)C(C)C)cc8)CC7)cc(=O)c6nc5c4c3=C2O)NC(=O)/C(C)=C\C=C\[C@H](C)[C@H](O)[C@@H](C)[C@@H](O)[C@@H](C)[C@H](OC(C)=O)[C@@H]1C. The van der Waals surface area contributed by atoms with Gasteiger partial charge >= 0.3 is 17.8 Å². The van der Waals surface area contributed by atoms with Gasteiger partial charge in [0.25, 0.3) is 17.7 Å². The summed E-state index contributed by atoms with van der Waals surface area (Å²) in [6, 6.07) is 7.37. The summed E-state index contributed by atoms with van der Waals surface area (Å²) in [4.78, 5) is 143. The number of phenolic OH excluding ortho intramolecular Hbond substituents is 1. The number of carbonyl (C=O) groups excluding carboxylic acids is 8. The highest BCUT2D eigenvalue weighted by Gasteiger charge is 2.45. The Morgan fingerprint density at radius 1 is 0.837 bits per heavy atom. The van der Waals surface area contributed by atoms with Gasteiger partial charge in [0.2, 0.25) is 28.6 Å². The molecule has 0 spiro atoms. The van der Waals surface area contributed by atoms with E-state index in [-0.39, 0.29) is 106 Å². The molecule has 8 amide bonds. The topological polar surface area (TPSA) is 410 Å². The molecule has 1 unspecified atom stereocenters. The number of unbranched alkanes of at least 4 members (excludes halogenated alkanes) is 2. The van der Waals surface area contributed by atoms with Gasteiger partial charge in [0.15, 0.2) is 22.4 Å². The van der Waals surface area contributed by atoms with Gasteiger partial charge in [0.05, 0.1) is 35.2 Å². The van der Waals surface area contributed by atoms with Crippen LogP contribution in [-0.4, -0.2) is 171 Å². The number of benzene rings is 4. The van der Waals surface area contributed by atoms with Crippen molar-refractivity contribution in [1.82, 2.24) is 30.7 Å². The summed E-state index contributed by atoms with van der Waals surface area (Å²) in [5, 5.41) is 60.7. The predicted molar refractivity (Wildman–Crippen MR) is 387 cm³/mol. The van der Waals surface area contributed by atoms with Crippen LogP contribution in [0.15, 0.2) is 98.7 Å². The van der Waals surface area contributed by atoms with Crippen molar-refractivity contribution in [2.24, 2.45) is 35.3 Å². The predicted octanol–water partition coefficient (Wildman–Crippen LogP) is 5.38. The molecule has 29 heteroatoms. The number of allylic oxidation sites excluding steroid dienone is 2. The second-order valence-electron chi connectivity index (χ2n) is 27.7. The number of anilines is 3. The van der Waals surface area contributed by atoms with E-state index in [0.717, 1.165) is 10.5 Å². The van der Waals surface area contributed by atoms with Gasteiger partial charge in [-0.25, -0.2) is 9.78 Å². The van der Waals surface area contributed by atoms with E-state index in [0.29, 0.717) is 63.4 Å². The lowest BCUT2D eigenvalue weighted by Crippen LogP contribution is -2.54. The van der Waals surface area contributed by atoms with Crippen LogP contribution >= 0.6 is 0 Å². The van der Waals surface area contributed by atoms with Crippen molar-refractivity contribution in [3.63, 3.8) is 0 Å². The van der Waals surface area contributed by atoms with E-state index in [2.05, 4.69) is 31.5 Å². The van der Waals surface area contributed by atoms with E-state index in [1.54, 1.807) is 71.9 Å². The maximum Gasteiger partial charge on any atom is 0.312 e. The molecule has 4 bridgehead atoms. The number of rotatable bonds is 21. The molecular formula is C75H94N10O19. The van der Waals surface area contributed by atoms with E-state index in [1.165, 1.54) is 71.4 Å². The number of imide groups is 1. The Labute approximate surface area is 600 Å². The Morgan fingerprint density at radius 3 is 2.18 bits per heavy atom. The molecule has 1 fully saturated rings. The molecule has 1 aromatic heterocycles. The minimum Gasteiger partial charge on any atom is -0.507 e. The number of ether oxygens (including phenoxy) is 4. The number of nitrogens with one attached hydrogen (secondary N) is 5. The molecule has 9 rings (SSSR count). The standard InChI is InChI=1S/C75H94N10O19/c1-38(2)59(80-53(88)20-13-12-14-29-85-54(89)25-26-55(85)90)73(98)79-49(19-16-28-77-74(76)99)72(97)78-47-23-21-46(22-24-47)37-83-30-32-84(33-31-83)48-35-50(87)60-52(36-48)103-69-61(81-60)56-57-65(93)44(8)68-58(56)70(95)75(10,104-68)101-34-27-51(100-11)41(5)67(102-45(9)86)43(7)64(92)42(6)63(91)39(3)17-15-18-40(4)71(96)82-62(69)66(57)94/h15,17-18,21-27,34-36,38-39,41-43,49,51,59,63-64,67,91-93,95H,12-14,16,19-20,28-33,37H2,1-11H3,(H,78,97)(H,79,98)(H,80,88)(H,82,96)(H3,76,77,99)/b17-15+,34-27+,40-18-/t39-,41+,42+,43+,49-,51-,59?,63-,64+,67+,75-/m0/s1. The van der Waals surface area contributed by atoms with E-state index in [9.17, 15) is 63.6 Å². The van der Waals surface area contributed by atoms with E-state index < -0.39 is 129 Å². The summed E-state index contributed by atoms with van der Waals surface area (Å²) >= 11 is 0. The third kappa shape index (κ3) is 17.5. The molecule has 4 aromatic carbocycles. The van der Waals surface area contributed by atoms with Crippen molar-refractivity contribution < 1.29 is 82.1 Å². The molecular weight excluding hydrogens is 1340 g/mol. The highest BCUT2D eigenvalue weighted by atomic mass is 16.7. The number of primary amides is 1. The third-order valence-electron chi connectivity index (χ3n) is 19.8. The Morgan fingerprint density at radius 2 is 1.53 bits per heavy atom. The van der Waals surface area contributed by atoms with Crippen molar-refractivity contribution in [1.29, 1.82) is 0 Å². The van der Waals surface area contributed by atoms with Crippen LogP contribution in [0.5, 0.6) is 11.5 Å². The Hall–Kier alpha value is -10.2. The normalized spacial score (nSPS) is 24.4. The van der Waals surface area contributed by atoms with Gasteiger partial charge in [-0.3, -0.25) is 53.0 Å². The molecule has 1 saturated heterocycles. The fourth-order valence-electron chi connectivity index (χ4n) is 13.6. The number of fused-ring (bicyclic) bond motifs is 2. The summed E-state index contributed by atoms with van der Waals surface area (Å²) in [7, 11) is 1.42. The number of hydrogen-bond acceptors (Lipinski definition) is 22. The monoisotopic (exact) mass is 1440 g/mol. The number of aliphatic hydroxyl groups is 3. The van der Waals surface area contributed by atoms with Gasteiger partial charge in [-0.15, -0.1) is 0 Å². The lowest BCUT2D eigenvalue weighted by molar-refractivity contribution is -0.160. The van der Waals surface area contributed by atoms with Crippen molar-refractivity contribution in [2.45, 2.75) is 157 Å².